The van der Waals surface area contributed by atoms with Crippen molar-refractivity contribution in [3.63, 3.8) is 0 Å². The van der Waals surface area contributed by atoms with Gasteiger partial charge in [0.05, 0.1) is 6.61 Å². The van der Waals surface area contributed by atoms with Gasteiger partial charge in [-0.1, -0.05) is 48.3 Å². The second kappa shape index (κ2) is 9.12. The van der Waals surface area contributed by atoms with E-state index in [1.165, 1.54) is 49.0 Å². The maximum atomic E-state index is 12.1. The van der Waals surface area contributed by atoms with Gasteiger partial charge in [-0.15, -0.1) is 10.2 Å². The molecule has 1 aromatic carbocycles. The van der Waals surface area contributed by atoms with Crippen molar-refractivity contribution in [3.05, 3.63) is 34.3 Å². The van der Waals surface area contributed by atoms with E-state index < -0.39 is 0 Å². The molecule has 1 saturated carbocycles. The Morgan fingerprint density at radius 3 is 2.81 bits per heavy atom. The highest BCUT2D eigenvalue weighted by molar-refractivity contribution is 7.15. The predicted molar refractivity (Wildman–Crippen MR) is 105 cm³/mol. The average molecular weight is 374 g/mol. The molecule has 0 bridgehead atoms. The first-order chi connectivity index (χ1) is 12.6. The highest BCUT2D eigenvalue weighted by atomic mass is 32.1. The second-order valence-electron chi connectivity index (χ2n) is 7.05. The monoisotopic (exact) mass is 373 g/mol. The van der Waals surface area contributed by atoms with E-state index in [9.17, 15) is 4.79 Å². The van der Waals surface area contributed by atoms with Crippen LogP contribution in [-0.2, 0) is 4.79 Å². The maximum absolute atomic E-state index is 12.1. The van der Waals surface area contributed by atoms with Crippen LogP contribution in [0, 0.1) is 13.8 Å². The van der Waals surface area contributed by atoms with Crippen molar-refractivity contribution in [2.24, 2.45) is 0 Å². The van der Waals surface area contributed by atoms with Crippen molar-refractivity contribution < 1.29 is 9.53 Å². The summed E-state index contributed by atoms with van der Waals surface area (Å²) >= 11 is 1.52. The molecule has 1 amide bonds. The number of nitrogens with zero attached hydrogens (tertiary/aromatic N) is 2. The van der Waals surface area contributed by atoms with Gasteiger partial charge in [-0.25, -0.2) is 0 Å². The fourth-order valence-electron chi connectivity index (χ4n) is 3.36. The Morgan fingerprint density at radius 1 is 1.23 bits per heavy atom. The summed E-state index contributed by atoms with van der Waals surface area (Å²) in [5.74, 6) is 1.39. The lowest BCUT2D eigenvalue weighted by Gasteiger charge is -2.18. The Bertz CT molecular complexity index is 738. The van der Waals surface area contributed by atoms with Gasteiger partial charge in [0.1, 0.15) is 10.8 Å². The summed E-state index contributed by atoms with van der Waals surface area (Å²) in [5.41, 5.74) is 2.34. The molecular weight excluding hydrogens is 346 g/mol. The van der Waals surface area contributed by atoms with Gasteiger partial charge in [0.2, 0.25) is 11.0 Å². The molecule has 26 heavy (non-hydrogen) atoms. The van der Waals surface area contributed by atoms with Gasteiger partial charge < -0.3 is 10.1 Å². The molecule has 1 aliphatic carbocycles. The van der Waals surface area contributed by atoms with E-state index in [1.54, 1.807) is 0 Å². The number of aryl methyl sites for hydroxylation is 2. The fraction of sp³-hybridized carbons (Fsp3) is 0.550. The van der Waals surface area contributed by atoms with Crippen molar-refractivity contribution in [2.45, 2.75) is 64.7 Å². The summed E-state index contributed by atoms with van der Waals surface area (Å²) in [6.07, 6.45) is 7.34. The number of nitrogens with one attached hydrogen (secondary N) is 1. The van der Waals surface area contributed by atoms with Crippen LogP contribution in [-0.4, -0.2) is 22.7 Å². The number of ether oxygens (including phenoxy) is 1. The number of amides is 1. The van der Waals surface area contributed by atoms with Gasteiger partial charge in [-0.2, -0.15) is 0 Å². The summed E-state index contributed by atoms with van der Waals surface area (Å²) in [4.78, 5) is 12.1. The highest BCUT2D eigenvalue weighted by Gasteiger charge is 2.20. The minimum Gasteiger partial charge on any atom is -0.493 e. The number of rotatable bonds is 7. The average Bonchev–Trinajstić information content (AvgIpc) is 3.09. The van der Waals surface area contributed by atoms with E-state index in [0.29, 0.717) is 30.5 Å². The first-order valence-electron chi connectivity index (χ1n) is 9.45. The number of carbonyl (C=O) groups excluding carboxylic acids is 1. The zero-order chi connectivity index (χ0) is 18.4. The van der Waals surface area contributed by atoms with Crippen LogP contribution in [0.3, 0.4) is 0 Å². The third kappa shape index (κ3) is 5.27. The van der Waals surface area contributed by atoms with Gasteiger partial charge in [-0.3, -0.25) is 4.79 Å². The highest BCUT2D eigenvalue weighted by Crippen LogP contribution is 2.35. The molecule has 0 aliphatic heterocycles. The smallest absolute Gasteiger partial charge is 0.226 e. The molecule has 1 N–H and O–H groups in total. The van der Waals surface area contributed by atoms with Crippen molar-refractivity contribution in [1.29, 1.82) is 0 Å². The van der Waals surface area contributed by atoms with Gasteiger partial charge in [0, 0.05) is 12.3 Å². The van der Waals surface area contributed by atoms with Crippen LogP contribution in [0.4, 0.5) is 5.13 Å². The van der Waals surface area contributed by atoms with Crippen LogP contribution in [0.1, 0.15) is 67.0 Å². The molecule has 3 rings (SSSR count). The van der Waals surface area contributed by atoms with Gasteiger partial charge >= 0.3 is 0 Å². The van der Waals surface area contributed by atoms with Crippen LogP contribution < -0.4 is 10.1 Å². The molecule has 0 spiro atoms. The minimum atomic E-state index is -0.0272. The number of hydrogen-bond acceptors (Lipinski definition) is 5. The molecule has 0 unspecified atom stereocenters. The molecule has 0 saturated heterocycles. The number of anilines is 1. The molecule has 5 nitrogen and oxygen atoms in total. The maximum Gasteiger partial charge on any atom is 0.226 e. The number of benzene rings is 1. The number of carbonyl (C=O) groups is 1. The molecular formula is C20H27N3O2S. The molecule has 2 aromatic rings. The van der Waals surface area contributed by atoms with Crippen molar-refractivity contribution in [1.82, 2.24) is 10.2 Å². The zero-order valence-electron chi connectivity index (χ0n) is 15.6. The summed E-state index contributed by atoms with van der Waals surface area (Å²) in [5, 5.41) is 13.0. The molecule has 0 radical (unpaired) electrons. The predicted octanol–water partition coefficient (Wildman–Crippen LogP) is 5.00. The molecule has 1 fully saturated rings. The molecule has 1 heterocycles. The van der Waals surface area contributed by atoms with E-state index in [2.05, 4.69) is 28.5 Å². The van der Waals surface area contributed by atoms with E-state index in [4.69, 9.17) is 4.74 Å². The fourth-order valence-corrected chi connectivity index (χ4v) is 4.29. The molecule has 0 atom stereocenters. The van der Waals surface area contributed by atoms with Gasteiger partial charge in [0.25, 0.3) is 0 Å². The number of hydrogen-bond donors (Lipinski definition) is 1. The van der Waals surface area contributed by atoms with Crippen LogP contribution in [0.25, 0.3) is 0 Å². The summed E-state index contributed by atoms with van der Waals surface area (Å²) < 4.78 is 5.77. The second-order valence-corrected chi connectivity index (χ2v) is 8.06. The number of aromatic nitrogens is 2. The standard InChI is InChI=1S/C20H27N3O2S/c1-14-10-11-17(15(2)13-14)25-12-6-9-18(24)21-20-23-22-19(26-20)16-7-4-3-5-8-16/h10-11,13,16H,3-9,12H2,1-2H3,(H,21,23,24). The molecule has 140 valence electrons. The van der Waals surface area contributed by atoms with E-state index in [1.807, 2.05) is 19.1 Å². The van der Waals surface area contributed by atoms with Crippen LogP contribution in [0.2, 0.25) is 0 Å². The first kappa shape index (κ1) is 18.8. The van der Waals surface area contributed by atoms with Gasteiger partial charge in [0.15, 0.2) is 0 Å². The lowest BCUT2D eigenvalue weighted by Crippen LogP contribution is -2.12. The van der Waals surface area contributed by atoms with E-state index in [-0.39, 0.29) is 5.91 Å². The van der Waals surface area contributed by atoms with Crippen molar-refractivity contribution >= 4 is 22.4 Å². The van der Waals surface area contributed by atoms with Crippen LogP contribution >= 0.6 is 11.3 Å². The van der Waals surface area contributed by atoms with Crippen LogP contribution in [0.15, 0.2) is 18.2 Å². The lowest BCUT2D eigenvalue weighted by molar-refractivity contribution is -0.116. The quantitative estimate of drug-likeness (QED) is 0.694. The van der Waals surface area contributed by atoms with Gasteiger partial charge in [-0.05, 0) is 44.7 Å². The molecule has 1 aliphatic rings. The van der Waals surface area contributed by atoms with Crippen molar-refractivity contribution in [2.75, 3.05) is 11.9 Å². The van der Waals surface area contributed by atoms with Crippen molar-refractivity contribution in [3.8, 4) is 5.75 Å². The minimum absolute atomic E-state index is 0.0272. The molecule has 6 heteroatoms. The lowest BCUT2D eigenvalue weighted by atomic mass is 9.90. The topological polar surface area (TPSA) is 64.1 Å². The van der Waals surface area contributed by atoms with E-state index >= 15 is 0 Å². The first-order valence-corrected chi connectivity index (χ1v) is 10.3. The Kier molecular flexibility index (Phi) is 6.61. The van der Waals surface area contributed by atoms with Crippen LogP contribution in [0.5, 0.6) is 5.75 Å². The third-order valence-electron chi connectivity index (χ3n) is 4.78. The van der Waals surface area contributed by atoms with E-state index in [0.717, 1.165) is 16.3 Å². The Labute approximate surface area is 159 Å². The Balaban J connectivity index is 1.39. The normalized spacial score (nSPS) is 15.0. The Hall–Kier alpha value is -1.95. The summed E-state index contributed by atoms with van der Waals surface area (Å²) in [7, 11) is 0. The third-order valence-corrected chi connectivity index (χ3v) is 5.78. The largest absolute Gasteiger partial charge is 0.493 e. The molecule has 1 aromatic heterocycles. The Morgan fingerprint density at radius 2 is 2.04 bits per heavy atom. The summed E-state index contributed by atoms with van der Waals surface area (Å²) in [6.45, 7) is 4.63. The SMILES string of the molecule is Cc1ccc(OCCCC(=O)Nc2nnc(C3CCCCC3)s2)c(C)c1. The summed E-state index contributed by atoms with van der Waals surface area (Å²) in [6, 6.07) is 6.12. The zero-order valence-corrected chi connectivity index (χ0v) is 16.4.